The normalized spacial score (nSPS) is 13.6. The number of hydrogen-bond acceptors (Lipinski definition) is 3. The van der Waals surface area contributed by atoms with Crippen molar-refractivity contribution < 1.29 is 22.8 Å². The molecule has 245 valence electrons. The molecule has 3 aromatic heterocycles. The van der Waals surface area contributed by atoms with E-state index in [-0.39, 0.29) is 20.1 Å². The first-order valence-corrected chi connectivity index (χ1v) is 20.3. The van der Waals surface area contributed by atoms with Gasteiger partial charge in [0.25, 0.3) is 0 Å². The van der Waals surface area contributed by atoms with Crippen LogP contribution in [0.15, 0.2) is 116 Å². The van der Waals surface area contributed by atoms with Crippen LogP contribution in [0.2, 0.25) is 19.6 Å². The number of fused-ring (bicyclic) bond motifs is 5. The SMILES string of the molecule is C[Si](C)(C)c1ccc(-c2[c-]cccc2)nc1.[2H]C(C)(C)c1cc2sc3c(-c4cc(C([2H])(C)C(=C)C)ccn4)[c-]ccc3c2c2ccccc12.[Ir]. The summed E-state index contributed by atoms with van der Waals surface area (Å²) in [4.78, 5) is 9.17. The molecule has 1 atom stereocenters. The van der Waals surface area contributed by atoms with Gasteiger partial charge in [0, 0.05) is 45.8 Å². The van der Waals surface area contributed by atoms with Crippen LogP contribution in [-0.2, 0) is 20.1 Å². The van der Waals surface area contributed by atoms with Gasteiger partial charge < -0.3 is 9.97 Å². The number of aromatic nitrogens is 2. The molecular formula is C43H42IrN2SSi-2. The molecule has 0 N–H and O–H groups in total. The standard InChI is InChI=1S/C29H26NS.C14H16NSi.Ir/c1-17(2)19(5)20-13-14-30-26(15-20)23-11-8-12-24-28-22-10-7-6-9-21(22)25(18(3)4)16-27(28)31-29(23)24;1-16(2,3)13-9-10-14(15-11-13)12-7-5-4-6-8-12;/h6-10,12-16,18-19H,1H2,2-5H3;4-7,9-11H,1-3H3;/q2*-1;/i18D,19D;;. The minimum Gasteiger partial charge on any atom is -0.305 e. The predicted molar refractivity (Wildman–Crippen MR) is 208 cm³/mol. The van der Waals surface area contributed by atoms with E-state index in [1.54, 1.807) is 17.5 Å². The summed E-state index contributed by atoms with van der Waals surface area (Å²) >= 11 is 1.73. The fraction of sp³-hybridized carbons (Fsp3) is 0.209. The summed E-state index contributed by atoms with van der Waals surface area (Å²) in [6.07, 6.45) is 3.79. The second kappa shape index (κ2) is 14.8. The second-order valence-electron chi connectivity index (χ2n) is 13.3. The number of benzene rings is 4. The Bertz CT molecular complexity index is 2300. The molecule has 0 aliphatic heterocycles. The third-order valence-electron chi connectivity index (χ3n) is 8.68. The van der Waals surface area contributed by atoms with E-state index in [1.165, 1.54) is 26.0 Å². The maximum atomic E-state index is 8.75. The summed E-state index contributed by atoms with van der Waals surface area (Å²) in [6.45, 7) is 18.7. The van der Waals surface area contributed by atoms with Gasteiger partial charge in [0.05, 0.1) is 8.07 Å². The Hall–Kier alpha value is -3.73. The van der Waals surface area contributed by atoms with Crippen LogP contribution in [-0.4, -0.2) is 18.0 Å². The Kier molecular flexibility index (Phi) is 10.1. The van der Waals surface area contributed by atoms with Crippen LogP contribution in [0.25, 0.3) is 53.5 Å². The Morgan fingerprint density at radius 3 is 2.23 bits per heavy atom. The molecule has 0 amide bonds. The molecule has 3 heterocycles. The predicted octanol–water partition coefficient (Wildman–Crippen LogP) is 12.0. The molecule has 0 aliphatic carbocycles. The van der Waals surface area contributed by atoms with Crippen molar-refractivity contribution in [2.24, 2.45) is 0 Å². The van der Waals surface area contributed by atoms with Gasteiger partial charge in [0.1, 0.15) is 0 Å². The van der Waals surface area contributed by atoms with Gasteiger partial charge in [-0.15, -0.1) is 59.7 Å². The molecule has 7 aromatic rings. The van der Waals surface area contributed by atoms with E-state index >= 15 is 0 Å². The number of allylic oxidation sites excluding steroid dienone is 1. The molecule has 4 aromatic carbocycles. The number of hydrogen-bond donors (Lipinski definition) is 0. The number of rotatable bonds is 6. The number of pyridine rings is 2. The maximum absolute atomic E-state index is 8.75. The summed E-state index contributed by atoms with van der Waals surface area (Å²) < 4.78 is 19.8. The van der Waals surface area contributed by atoms with Gasteiger partial charge in [-0.05, 0) is 73.5 Å². The minimum atomic E-state index is -1.23. The van der Waals surface area contributed by atoms with Crippen LogP contribution in [0.3, 0.4) is 0 Å². The van der Waals surface area contributed by atoms with E-state index in [1.807, 2.05) is 82.4 Å². The third-order valence-corrected chi connectivity index (χ3v) is 11.9. The summed E-state index contributed by atoms with van der Waals surface area (Å²) in [7, 11) is -1.23. The van der Waals surface area contributed by atoms with E-state index in [4.69, 9.17) is 2.74 Å². The fourth-order valence-corrected chi connectivity index (χ4v) is 8.10. The molecule has 48 heavy (non-hydrogen) atoms. The smallest absolute Gasteiger partial charge is 0.0795 e. The monoisotopic (exact) mass is 841 g/mol. The first-order chi connectivity index (χ1) is 23.2. The van der Waals surface area contributed by atoms with Crippen LogP contribution in [0, 0.1) is 12.1 Å². The van der Waals surface area contributed by atoms with Gasteiger partial charge >= 0.3 is 0 Å². The van der Waals surface area contributed by atoms with Crippen LogP contribution >= 0.6 is 11.3 Å². The molecular weight excluding hydrogens is 797 g/mol. The van der Waals surface area contributed by atoms with Crippen molar-refractivity contribution in [1.29, 1.82) is 0 Å². The van der Waals surface area contributed by atoms with Crippen molar-refractivity contribution in [1.82, 2.24) is 9.97 Å². The summed E-state index contributed by atoms with van der Waals surface area (Å²) in [5.41, 5.74) is 6.52. The molecule has 0 saturated heterocycles. The van der Waals surface area contributed by atoms with Crippen LogP contribution in [0.5, 0.6) is 0 Å². The average molecular weight is 841 g/mol. The van der Waals surface area contributed by atoms with Gasteiger partial charge in [-0.1, -0.05) is 100 Å². The topological polar surface area (TPSA) is 25.8 Å². The van der Waals surface area contributed by atoms with Gasteiger partial charge in [-0.3, -0.25) is 0 Å². The molecule has 1 radical (unpaired) electrons. The fourth-order valence-electron chi connectivity index (χ4n) is 5.81. The van der Waals surface area contributed by atoms with Crippen LogP contribution in [0.4, 0.5) is 0 Å². The van der Waals surface area contributed by atoms with E-state index in [0.29, 0.717) is 0 Å². The summed E-state index contributed by atoms with van der Waals surface area (Å²) in [6, 6.07) is 37.4. The minimum absolute atomic E-state index is 0. The van der Waals surface area contributed by atoms with E-state index < -0.39 is 19.9 Å². The van der Waals surface area contributed by atoms with Crippen LogP contribution in [0.1, 0.15) is 53.4 Å². The second-order valence-corrected chi connectivity index (χ2v) is 19.5. The Labute approximate surface area is 307 Å². The van der Waals surface area contributed by atoms with E-state index in [9.17, 15) is 0 Å². The van der Waals surface area contributed by atoms with Crippen molar-refractivity contribution in [3.05, 3.63) is 139 Å². The molecule has 1 unspecified atom stereocenters. The van der Waals surface area contributed by atoms with Gasteiger partial charge in [-0.25, -0.2) is 0 Å². The number of thiophene rings is 1. The quantitative estimate of drug-likeness (QED) is 0.0947. The molecule has 0 saturated carbocycles. The van der Waals surface area contributed by atoms with E-state index in [0.717, 1.165) is 49.3 Å². The maximum Gasteiger partial charge on any atom is 0.0795 e. The first-order valence-electron chi connectivity index (χ1n) is 17.0. The molecule has 0 aliphatic rings. The number of nitrogens with zero attached hydrogens (tertiary/aromatic N) is 2. The molecule has 0 fully saturated rings. The Morgan fingerprint density at radius 2 is 1.58 bits per heavy atom. The Balaban J connectivity index is 0.000000241. The first kappa shape index (κ1) is 32.8. The van der Waals surface area contributed by atoms with Crippen LogP contribution < -0.4 is 5.19 Å². The zero-order chi connectivity index (χ0) is 35.1. The molecule has 5 heteroatoms. The summed E-state index contributed by atoms with van der Waals surface area (Å²) in [5, 5.41) is 6.10. The van der Waals surface area contributed by atoms with Gasteiger partial charge in [0.2, 0.25) is 0 Å². The van der Waals surface area contributed by atoms with Crippen molar-refractivity contribution in [2.75, 3.05) is 0 Å². The van der Waals surface area contributed by atoms with Gasteiger partial charge in [-0.2, -0.15) is 11.3 Å². The molecule has 0 spiro atoms. The molecule has 0 bridgehead atoms. The third kappa shape index (κ3) is 7.30. The van der Waals surface area contributed by atoms with Crippen molar-refractivity contribution in [3.8, 4) is 22.5 Å². The van der Waals surface area contributed by atoms with E-state index in [2.05, 4.69) is 90.8 Å². The summed E-state index contributed by atoms with van der Waals surface area (Å²) in [5.74, 6) is -1.58. The molecule has 7 rings (SSSR count). The zero-order valence-corrected chi connectivity index (χ0v) is 32.9. The Morgan fingerprint density at radius 1 is 0.833 bits per heavy atom. The largest absolute Gasteiger partial charge is 0.305 e. The average Bonchev–Trinajstić information content (AvgIpc) is 3.47. The van der Waals surface area contributed by atoms with Crippen molar-refractivity contribution in [3.63, 3.8) is 0 Å². The van der Waals surface area contributed by atoms with Crippen molar-refractivity contribution in [2.45, 2.75) is 59.1 Å². The van der Waals surface area contributed by atoms with Gasteiger partial charge in [0.15, 0.2) is 0 Å². The zero-order valence-electron chi connectivity index (χ0n) is 30.7. The van der Waals surface area contributed by atoms with Crippen molar-refractivity contribution >= 4 is 55.5 Å². The molecule has 2 nitrogen and oxygen atoms in total.